The van der Waals surface area contributed by atoms with Crippen molar-refractivity contribution in [3.8, 4) is 0 Å². The van der Waals surface area contributed by atoms with E-state index in [0.29, 0.717) is 19.4 Å². The van der Waals surface area contributed by atoms with Crippen molar-refractivity contribution in [1.29, 1.82) is 0 Å². The average Bonchev–Trinajstić information content (AvgIpc) is 3.38. The van der Waals surface area contributed by atoms with Gasteiger partial charge in [-0.2, -0.15) is 0 Å². The molecule has 6 heteroatoms. The normalized spacial score (nSPS) is 12.8. The van der Waals surface area contributed by atoms with E-state index in [9.17, 15) is 19.8 Å². The minimum absolute atomic E-state index is 0.00559. The summed E-state index contributed by atoms with van der Waals surface area (Å²) in [6.07, 6.45) is 77.8. The molecule has 0 spiro atoms. The second-order valence-corrected chi connectivity index (χ2v) is 22.1. The first-order valence-electron chi connectivity index (χ1n) is 32.3. The third kappa shape index (κ3) is 57.4. The number of ether oxygens (including phenoxy) is 1. The van der Waals surface area contributed by atoms with Crippen molar-refractivity contribution < 1.29 is 24.5 Å². The standard InChI is InChI=1S/C66H125NO5/c1-3-5-7-9-11-13-15-16-35-39-42-46-50-54-58-64(69)63(62-68)67-65(70)59-55-51-47-43-40-36-33-31-29-27-25-23-21-19-17-18-20-22-24-26-28-30-32-34-37-41-45-49-53-57-61-72-66(71)60-56-52-48-44-38-14-12-10-8-6-4-2/h10,12,18,20,54,58,63-64,68-69H,3-9,11,13-17,19,21-53,55-57,59-62H2,1-2H3,(H,67,70)/b12-10-,20-18-,58-54+. The predicted molar refractivity (Wildman–Crippen MR) is 315 cm³/mol. The van der Waals surface area contributed by atoms with Crippen molar-refractivity contribution in [2.45, 2.75) is 360 Å². The van der Waals surface area contributed by atoms with E-state index in [-0.39, 0.29) is 18.5 Å². The maximum absolute atomic E-state index is 12.5. The summed E-state index contributed by atoms with van der Waals surface area (Å²) < 4.78 is 5.46. The van der Waals surface area contributed by atoms with Crippen LogP contribution < -0.4 is 5.32 Å². The minimum Gasteiger partial charge on any atom is -0.466 e. The second-order valence-electron chi connectivity index (χ2n) is 22.1. The first-order chi connectivity index (χ1) is 35.5. The fourth-order valence-electron chi connectivity index (χ4n) is 9.91. The van der Waals surface area contributed by atoms with Gasteiger partial charge in [0.2, 0.25) is 5.91 Å². The van der Waals surface area contributed by atoms with Gasteiger partial charge in [0.1, 0.15) is 0 Å². The number of carbonyl (C=O) groups is 2. The Balaban J connectivity index is 3.38. The highest BCUT2D eigenvalue weighted by Gasteiger charge is 2.18. The van der Waals surface area contributed by atoms with E-state index in [1.807, 2.05) is 6.08 Å². The van der Waals surface area contributed by atoms with Crippen LogP contribution in [-0.4, -0.2) is 47.4 Å². The molecule has 3 N–H and O–H groups in total. The smallest absolute Gasteiger partial charge is 0.305 e. The second kappa shape index (κ2) is 61.6. The van der Waals surface area contributed by atoms with E-state index < -0.39 is 12.1 Å². The Morgan fingerprint density at radius 2 is 0.667 bits per heavy atom. The lowest BCUT2D eigenvalue weighted by Crippen LogP contribution is -2.45. The molecule has 0 rings (SSSR count). The molecule has 2 atom stereocenters. The summed E-state index contributed by atoms with van der Waals surface area (Å²) in [6, 6.07) is -0.626. The van der Waals surface area contributed by atoms with Crippen molar-refractivity contribution in [1.82, 2.24) is 5.32 Å². The number of aliphatic hydroxyl groups excluding tert-OH is 2. The van der Waals surface area contributed by atoms with Gasteiger partial charge < -0.3 is 20.3 Å². The molecule has 0 aromatic rings. The Hall–Kier alpha value is -1.92. The lowest BCUT2D eigenvalue weighted by Gasteiger charge is -2.20. The van der Waals surface area contributed by atoms with Crippen LogP contribution in [0.25, 0.3) is 0 Å². The van der Waals surface area contributed by atoms with Crippen LogP contribution in [0.1, 0.15) is 348 Å². The van der Waals surface area contributed by atoms with Gasteiger partial charge in [0.15, 0.2) is 0 Å². The molecule has 0 aliphatic carbocycles. The van der Waals surface area contributed by atoms with Gasteiger partial charge in [0, 0.05) is 12.8 Å². The van der Waals surface area contributed by atoms with Crippen LogP contribution in [0.5, 0.6) is 0 Å². The number of unbranched alkanes of at least 4 members (excludes halogenated alkanes) is 45. The number of hydrogen-bond donors (Lipinski definition) is 3. The molecular weight excluding hydrogens is 887 g/mol. The molecule has 0 bridgehead atoms. The SMILES string of the molecule is CCCC/C=C\CCCCCCCC(=O)OCCCCCCCCCCCCCC/C=C\CCCCCCCCCCCCCCCCC(=O)NC(CO)C(O)/C=C/CCCCCCCCCCCCCC. The topological polar surface area (TPSA) is 95.9 Å². The largest absolute Gasteiger partial charge is 0.466 e. The fraction of sp³-hybridized carbons (Fsp3) is 0.879. The van der Waals surface area contributed by atoms with Crippen molar-refractivity contribution in [2.75, 3.05) is 13.2 Å². The highest BCUT2D eigenvalue weighted by atomic mass is 16.5. The van der Waals surface area contributed by atoms with Gasteiger partial charge in [0.25, 0.3) is 0 Å². The van der Waals surface area contributed by atoms with Gasteiger partial charge in [-0.15, -0.1) is 0 Å². The monoisotopic (exact) mass is 1010 g/mol. The molecule has 6 nitrogen and oxygen atoms in total. The van der Waals surface area contributed by atoms with Crippen LogP contribution >= 0.6 is 0 Å². The number of carbonyl (C=O) groups excluding carboxylic acids is 2. The first-order valence-corrected chi connectivity index (χ1v) is 32.3. The van der Waals surface area contributed by atoms with Crippen molar-refractivity contribution in [3.63, 3.8) is 0 Å². The molecule has 72 heavy (non-hydrogen) atoms. The molecule has 0 heterocycles. The lowest BCUT2D eigenvalue weighted by atomic mass is 10.0. The van der Waals surface area contributed by atoms with Crippen LogP contribution in [0, 0.1) is 0 Å². The molecular formula is C66H125NO5. The third-order valence-electron chi connectivity index (χ3n) is 14.9. The number of hydrogen-bond acceptors (Lipinski definition) is 5. The Bertz CT molecular complexity index is 1170. The van der Waals surface area contributed by atoms with E-state index in [0.717, 1.165) is 44.9 Å². The lowest BCUT2D eigenvalue weighted by molar-refractivity contribution is -0.143. The Morgan fingerprint density at radius 1 is 0.375 bits per heavy atom. The van der Waals surface area contributed by atoms with Gasteiger partial charge in [0.05, 0.1) is 25.4 Å². The summed E-state index contributed by atoms with van der Waals surface area (Å²) in [6.45, 7) is 4.88. The van der Waals surface area contributed by atoms with Crippen molar-refractivity contribution >= 4 is 11.9 Å². The van der Waals surface area contributed by atoms with Gasteiger partial charge in [-0.05, 0) is 77.0 Å². The minimum atomic E-state index is -0.843. The molecule has 0 radical (unpaired) electrons. The Morgan fingerprint density at radius 3 is 1.03 bits per heavy atom. The van der Waals surface area contributed by atoms with Gasteiger partial charge in [-0.1, -0.05) is 294 Å². The summed E-state index contributed by atoms with van der Waals surface area (Å²) in [5, 5.41) is 23.1. The molecule has 0 saturated heterocycles. The summed E-state index contributed by atoms with van der Waals surface area (Å²) in [7, 11) is 0. The quantitative estimate of drug-likeness (QED) is 0.0320. The third-order valence-corrected chi connectivity index (χ3v) is 14.9. The molecule has 1 amide bonds. The van der Waals surface area contributed by atoms with E-state index in [1.54, 1.807) is 6.08 Å². The van der Waals surface area contributed by atoms with E-state index in [4.69, 9.17) is 4.74 Å². The van der Waals surface area contributed by atoms with E-state index >= 15 is 0 Å². The number of esters is 1. The summed E-state index contributed by atoms with van der Waals surface area (Å²) in [5.74, 6) is -0.0598. The highest BCUT2D eigenvalue weighted by Crippen LogP contribution is 2.17. The van der Waals surface area contributed by atoms with Crippen LogP contribution in [0.2, 0.25) is 0 Å². The van der Waals surface area contributed by atoms with Crippen LogP contribution in [0.3, 0.4) is 0 Å². The fourth-order valence-corrected chi connectivity index (χ4v) is 9.91. The van der Waals surface area contributed by atoms with Gasteiger partial charge in [-0.3, -0.25) is 9.59 Å². The highest BCUT2D eigenvalue weighted by molar-refractivity contribution is 5.76. The Kier molecular flexibility index (Phi) is 60.0. The summed E-state index contributed by atoms with van der Waals surface area (Å²) in [4.78, 5) is 24.5. The van der Waals surface area contributed by atoms with Crippen LogP contribution in [0.15, 0.2) is 36.5 Å². The number of nitrogens with one attached hydrogen (secondary N) is 1. The average molecular weight is 1010 g/mol. The molecule has 0 aliphatic rings. The predicted octanol–water partition coefficient (Wildman–Crippen LogP) is 20.4. The molecule has 0 aliphatic heterocycles. The maximum Gasteiger partial charge on any atom is 0.305 e. The molecule has 424 valence electrons. The van der Waals surface area contributed by atoms with Crippen molar-refractivity contribution in [3.05, 3.63) is 36.5 Å². The van der Waals surface area contributed by atoms with Gasteiger partial charge >= 0.3 is 5.97 Å². The molecule has 2 unspecified atom stereocenters. The summed E-state index contributed by atoms with van der Waals surface area (Å²) >= 11 is 0. The zero-order chi connectivity index (χ0) is 52.2. The number of amides is 1. The number of rotatable bonds is 60. The molecule has 0 aromatic heterocycles. The molecule has 0 saturated carbocycles. The maximum atomic E-state index is 12.5. The zero-order valence-corrected chi connectivity index (χ0v) is 48.4. The van der Waals surface area contributed by atoms with E-state index in [2.05, 4.69) is 43.5 Å². The zero-order valence-electron chi connectivity index (χ0n) is 48.4. The summed E-state index contributed by atoms with van der Waals surface area (Å²) in [5.41, 5.74) is 0. The van der Waals surface area contributed by atoms with E-state index in [1.165, 1.54) is 276 Å². The van der Waals surface area contributed by atoms with Crippen LogP contribution in [-0.2, 0) is 14.3 Å². The molecule has 0 fully saturated rings. The van der Waals surface area contributed by atoms with Crippen LogP contribution in [0.4, 0.5) is 0 Å². The number of aliphatic hydroxyl groups is 2. The first kappa shape index (κ1) is 70.1. The number of allylic oxidation sites excluding steroid dienone is 5. The Labute approximate surface area is 449 Å². The van der Waals surface area contributed by atoms with Gasteiger partial charge in [-0.25, -0.2) is 0 Å². The van der Waals surface area contributed by atoms with Crippen molar-refractivity contribution in [2.24, 2.45) is 0 Å². The molecule has 0 aromatic carbocycles.